The average molecular weight is 325 g/mol. The van der Waals surface area contributed by atoms with Crippen molar-refractivity contribution in [1.29, 1.82) is 0 Å². The van der Waals surface area contributed by atoms with Gasteiger partial charge in [0.1, 0.15) is 17.4 Å². The number of aliphatic hydroxyl groups excluding tert-OH is 1. The van der Waals surface area contributed by atoms with E-state index in [9.17, 15) is 14.6 Å². The van der Waals surface area contributed by atoms with Gasteiger partial charge in [-0.3, -0.25) is 4.98 Å². The van der Waals surface area contributed by atoms with Gasteiger partial charge in [0.05, 0.1) is 30.7 Å². The predicted octanol–water partition coefficient (Wildman–Crippen LogP) is 3.13. The summed E-state index contributed by atoms with van der Waals surface area (Å²) >= 11 is 0. The van der Waals surface area contributed by atoms with Gasteiger partial charge < -0.3 is 15.5 Å². The van der Waals surface area contributed by atoms with Gasteiger partial charge in [-0.25, -0.2) is 9.37 Å². The Morgan fingerprint density at radius 3 is 2.58 bits per heavy atom. The van der Waals surface area contributed by atoms with Gasteiger partial charge in [0.2, 0.25) is 0 Å². The lowest BCUT2D eigenvalue weighted by atomic mass is 10.1. The summed E-state index contributed by atoms with van der Waals surface area (Å²) in [4.78, 5) is 8.41. The molecule has 0 aliphatic heterocycles. The molecule has 122 valence electrons. The Bertz CT molecular complexity index is 828. The van der Waals surface area contributed by atoms with Crippen LogP contribution in [-0.4, -0.2) is 26.8 Å². The van der Waals surface area contributed by atoms with E-state index in [1.165, 1.54) is 24.5 Å². The Morgan fingerprint density at radius 2 is 1.88 bits per heavy atom. The van der Waals surface area contributed by atoms with Crippen molar-refractivity contribution in [3.63, 3.8) is 0 Å². The lowest BCUT2D eigenvalue weighted by Gasteiger charge is -2.17. The van der Waals surface area contributed by atoms with Crippen molar-refractivity contribution in [2.24, 2.45) is 0 Å². The first-order valence-electron chi connectivity index (χ1n) is 7.40. The number of aromatic nitrogens is 2. The molecule has 0 bridgehead atoms. The molecule has 3 aromatic rings. The van der Waals surface area contributed by atoms with Crippen LogP contribution in [0.4, 0.5) is 10.2 Å². The lowest BCUT2D eigenvalue weighted by Crippen LogP contribution is -2.15. The van der Waals surface area contributed by atoms with E-state index in [0.717, 1.165) is 11.6 Å². The van der Waals surface area contributed by atoms with Crippen LogP contribution in [0.2, 0.25) is 0 Å². The van der Waals surface area contributed by atoms with Crippen molar-refractivity contribution in [3.05, 3.63) is 72.3 Å². The Hall–Kier alpha value is -2.99. The van der Waals surface area contributed by atoms with E-state index < -0.39 is 5.82 Å². The van der Waals surface area contributed by atoms with Crippen LogP contribution in [0.3, 0.4) is 0 Å². The minimum absolute atomic E-state index is 0.122. The number of halogens is 1. The third kappa shape index (κ3) is 3.49. The molecule has 0 spiro atoms. The first-order valence-corrected chi connectivity index (χ1v) is 7.40. The summed E-state index contributed by atoms with van der Waals surface area (Å²) < 4.78 is 14.0. The molecule has 24 heavy (non-hydrogen) atoms. The van der Waals surface area contributed by atoms with Crippen LogP contribution < -0.4 is 5.32 Å². The highest BCUT2D eigenvalue weighted by atomic mass is 19.1. The Balaban J connectivity index is 1.87. The summed E-state index contributed by atoms with van der Waals surface area (Å²) in [5.74, 6) is -0.311. The van der Waals surface area contributed by atoms with Crippen LogP contribution in [0, 0.1) is 5.82 Å². The molecule has 0 saturated heterocycles. The van der Waals surface area contributed by atoms with E-state index >= 15 is 0 Å². The first kappa shape index (κ1) is 15.9. The summed E-state index contributed by atoms with van der Waals surface area (Å²) in [5.41, 5.74) is 1.48. The second kappa shape index (κ2) is 7.06. The van der Waals surface area contributed by atoms with Crippen molar-refractivity contribution in [2.75, 3.05) is 11.9 Å². The molecule has 0 amide bonds. The van der Waals surface area contributed by atoms with Crippen molar-refractivity contribution in [3.8, 4) is 17.0 Å². The Kier molecular flexibility index (Phi) is 4.67. The lowest BCUT2D eigenvalue weighted by molar-refractivity contribution is 0.276. The average Bonchev–Trinajstić information content (AvgIpc) is 2.60. The number of phenols is 1. The van der Waals surface area contributed by atoms with Crippen LogP contribution in [0.1, 0.15) is 11.6 Å². The minimum Gasteiger partial charge on any atom is -0.508 e. The molecule has 2 aromatic carbocycles. The smallest absolute Gasteiger partial charge is 0.145 e. The summed E-state index contributed by atoms with van der Waals surface area (Å²) in [6.07, 6.45) is 2.95. The maximum absolute atomic E-state index is 14.0. The van der Waals surface area contributed by atoms with E-state index in [2.05, 4.69) is 15.3 Å². The number of anilines is 1. The molecule has 6 heteroatoms. The zero-order chi connectivity index (χ0) is 16.9. The molecule has 3 N–H and O–H groups in total. The minimum atomic E-state index is -0.580. The molecule has 0 aliphatic carbocycles. The number of benzene rings is 2. The third-order valence-corrected chi connectivity index (χ3v) is 3.57. The zero-order valence-electron chi connectivity index (χ0n) is 12.7. The predicted molar refractivity (Wildman–Crippen MR) is 89.0 cm³/mol. The standard InChI is InChI=1S/C18H16FN3O2/c19-15-8-13(24)6-7-14(15)16-9-20-10-18(21-16)22-17(11-23)12-4-2-1-3-5-12/h1-10,17,23-24H,11H2,(H,21,22). The third-order valence-electron chi connectivity index (χ3n) is 3.57. The summed E-state index contributed by atoms with van der Waals surface area (Å²) in [6.45, 7) is -0.122. The number of aromatic hydroxyl groups is 1. The molecule has 0 saturated carbocycles. The van der Waals surface area contributed by atoms with Gasteiger partial charge in [-0.05, 0) is 17.7 Å². The van der Waals surface area contributed by atoms with E-state index in [4.69, 9.17) is 0 Å². The fourth-order valence-corrected chi connectivity index (χ4v) is 2.38. The molecule has 1 heterocycles. The molecule has 1 atom stereocenters. The number of aliphatic hydroxyl groups is 1. The van der Waals surface area contributed by atoms with Crippen molar-refractivity contribution < 1.29 is 14.6 Å². The topological polar surface area (TPSA) is 78.3 Å². The zero-order valence-corrected chi connectivity index (χ0v) is 12.7. The maximum atomic E-state index is 14.0. The van der Waals surface area contributed by atoms with Gasteiger partial charge in [0, 0.05) is 11.6 Å². The van der Waals surface area contributed by atoms with E-state index in [0.29, 0.717) is 11.5 Å². The van der Waals surface area contributed by atoms with Gasteiger partial charge >= 0.3 is 0 Å². The second-order valence-corrected chi connectivity index (χ2v) is 5.24. The molecule has 3 rings (SSSR count). The highest BCUT2D eigenvalue weighted by Crippen LogP contribution is 2.25. The fourth-order valence-electron chi connectivity index (χ4n) is 2.38. The van der Waals surface area contributed by atoms with Crippen molar-refractivity contribution >= 4 is 5.82 Å². The van der Waals surface area contributed by atoms with Crippen LogP contribution >= 0.6 is 0 Å². The van der Waals surface area contributed by atoms with Gasteiger partial charge in [-0.1, -0.05) is 30.3 Å². The first-order chi connectivity index (χ1) is 11.7. The van der Waals surface area contributed by atoms with Crippen LogP contribution in [0.5, 0.6) is 5.75 Å². The van der Waals surface area contributed by atoms with Crippen LogP contribution in [0.25, 0.3) is 11.3 Å². The highest BCUT2D eigenvalue weighted by Gasteiger charge is 2.13. The van der Waals surface area contributed by atoms with E-state index in [1.54, 1.807) is 0 Å². The number of nitrogens with one attached hydrogen (secondary N) is 1. The quantitative estimate of drug-likeness (QED) is 0.672. The number of rotatable bonds is 5. The molecule has 0 fully saturated rings. The molecule has 1 unspecified atom stereocenters. The molecular formula is C18H16FN3O2. The summed E-state index contributed by atoms with van der Waals surface area (Å²) in [5, 5.41) is 22.0. The summed E-state index contributed by atoms with van der Waals surface area (Å²) in [6, 6.07) is 13.0. The van der Waals surface area contributed by atoms with Gasteiger partial charge in [0.25, 0.3) is 0 Å². The van der Waals surface area contributed by atoms with Gasteiger partial charge in [0.15, 0.2) is 0 Å². The molecular weight excluding hydrogens is 309 g/mol. The van der Waals surface area contributed by atoms with Crippen molar-refractivity contribution in [1.82, 2.24) is 9.97 Å². The SMILES string of the molecule is OCC(Nc1cncc(-c2ccc(O)cc2F)n1)c1ccccc1. The van der Waals surface area contributed by atoms with E-state index in [-0.39, 0.29) is 24.0 Å². The highest BCUT2D eigenvalue weighted by molar-refractivity contribution is 5.61. The number of hydrogen-bond donors (Lipinski definition) is 3. The largest absolute Gasteiger partial charge is 0.508 e. The van der Waals surface area contributed by atoms with Crippen molar-refractivity contribution in [2.45, 2.75) is 6.04 Å². The van der Waals surface area contributed by atoms with Gasteiger partial charge in [-0.2, -0.15) is 0 Å². The number of nitrogens with zero attached hydrogens (tertiary/aromatic N) is 2. The molecule has 0 radical (unpaired) electrons. The number of phenolic OH excluding ortho intramolecular Hbond substituents is 1. The second-order valence-electron chi connectivity index (χ2n) is 5.24. The Labute approximate surface area is 138 Å². The normalized spacial score (nSPS) is 11.9. The number of hydrogen-bond acceptors (Lipinski definition) is 5. The molecule has 0 aliphatic rings. The molecule has 5 nitrogen and oxygen atoms in total. The fraction of sp³-hybridized carbons (Fsp3) is 0.111. The summed E-state index contributed by atoms with van der Waals surface area (Å²) in [7, 11) is 0. The maximum Gasteiger partial charge on any atom is 0.145 e. The van der Waals surface area contributed by atoms with Crippen LogP contribution in [0.15, 0.2) is 60.9 Å². The molecule has 1 aromatic heterocycles. The monoisotopic (exact) mass is 325 g/mol. The Morgan fingerprint density at radius 1 is 1.08 bits per heavy atom. The van der Waals surface area contributed by atoms with E-state index in [1.807, 2.05) is 30.3 Å². The van der Waals surface area contributed by atoms with Crippen LogP contribution in [-0.2, 0) is 0 Å². The van der Waals surface area contributed by atoms with Gasteiger partial charge in [-0.15, -0.1) is 0 Å².